The molecule has 2 rings (SSSR count). The van der Waals surface area contributed by atoms with Crippen LogP contribution in [0.1, 0.15) is 40.5 Å². The van der Waals surface area contributed by atoms with Gasteiger partial charge in [-0.05, 0) is 27.7 Å². The van der Waals surface area contributed by atoms with Gasteiger partial charge in [-0.15, -0.1) is 0 Å². The van der Waals surface area contributed by atoms with Crippen molar-refractivity contribution in [3.8, 4) is 0 Å². The largest absolute Gasteiger partial charge is 0.444 e. The molecule has 1 atom stereocenters. The van der Waals surface area contributed by atoms with Gasteiger partial charge in [0.2, 0.25) is 5.91 Å². The number of carbonyl (C=O) groups excluding carboxylic acids is 2. The molecule has 0 bridgehead atoms. The summed E-state index contributed by atoms with van der Waals surface area (Å²) in [6.07, 6.45) is 0.750. The summed E-state index contributed by atoms with van der Waals surface area (Å²) in [6.45, 7) is 9.38. The fraction of sp³-hybridized carbons (Fsp3) is 0.867. The zero-order valence-electron chi connectivity index (χ0n) is 13.8. The van der Waals surface area contributed by atoms with Gasteiger partial charge in [0.15, 0.2) is 5.79 Å². The number of ether oxygens (including phenoxy) is 3. The molecule has 1 N–H and O–H groups in total. The van der Waals surface area contributed by atoms with Gasteiger partial charge in [0, 0.05) is 25.9 Å². The van der Waals surface area contributed by atoms with E-state index in [0.29, 0.717) is 39.1 Å². The summed E-state index contributed by atoms with van der Waals surface area (Å²) in [5.74, 6) is -0.614. The molecule has 7 nitrogen and oxygen atoms in total. The Kier molecular flexibility index (Phi) is 4.97. The molecule has 0 aromatic heterocycles. The van der Waals surface area contributed by atoms with Crippen LogP contribution in [0.2, 0.25) is 0 Å². The van der Waals surface area contributed by atoms with E-state index in [1.165, 1.54) is 0 Å². The minimum atomic E-state index is -0.616. The maximum Gasteiger partial charge on any atom is 0.408 e. The Hall–Kier alpha value is -1.34. The van der Waals surface area contributed by atoms with Crippen molar-refractivity contribution in [1.29, 1.82) is 0 Å². The molecule has 22 heavy (non-hydrogen) atoms. The van der Waals surface area contributed by atoms with Crippen LogP contribution in [0.3, 0.4) is 0 Å². The number of alkyl carbamates (subject to hydrolysis) is 1. The lowest BCUT2D eigenvalue weighted by atomic mass is 10.0. The van der Waals surface area contributed by atoms with Gasteiger partial charge >= 0.3 is 6.09 Å². The standard InChI is InChI=1S/C15H26N2O5/c1-11(16-13(19)22-14(2,3)4)12(18)17-7-5-15(6-8-17)20-9-10-21-15/h11H,5-10H2,1-4H3,(H,16,19)/t11-/m1/s1. The molecule has 0 radical (unpaired) electrons. The average molecular weight is 314 g/mol. The van der Waals surface area contributed by atoms with Crippen LogP contribution < -0.4 is 5.32 Å². The quantitative estimate of drug-likeness (QED) is 0.830. The van der Waals surface area contributed by atoms with Crippen molar-refractivity contribution in [3.63, 3.8) is 0 Å². The Bertz CT molecular complexity index is 416. The zero-order chi connectivity index (χ0) is 16.4. The predicted octanol–water partition coefficient (Wildman–Crippen LogP) is 1.27. The van der Waals surface area contributed by atoms with Crippen LogP contribution in [-0.2, 0) is 19.0 Å². The monoisotopic (exact) mass is 314 g/mol. The Morgan fingerprint density at radius 2 is 1.73 bits per heavy atom. The Labute approximate surface area is 131 Å². The molecule has 2 aliphatic heterocycles. The first kappa shape index (κ1) is 17.0. The summed E-state index contributed by atoms with van der Waals surface area (Å²) in [5, 5.41) is 2.58. The molecule has 2 amide bonds. The van der Waals surface area contributed by atoms with Gasteiger partial charge in [-0.3, -0.25) is 4.79 Å². The first-order valence-electron chi connectivity index (χ1n) is 7.77. The van der Waals surface area contributed by atoms with Gasteiger partial charge in [0.05, 0.1) is 13.2 Å². The Morgan fingerprint density at radius 3 is 2.23 bits per heavy atom. The van der Waals surface area contributed by atoms with Crippen molar-refractivity contribution < 1.29 is 23.8 Å². The fourth-order valence-corrected chi connectivity index (χ4v) is 2.67. The van der Waals surface area contributed by atoms with Crippen LogP contribution in [0, 0.1) is 0 Å². The van der Waals surface area contributed by atoms with Crippen LogP contribution in [-0.4, -0.2) is 60.6 Å². The van der Waals surface area contributed by atoms with E-state index in [9.17, 15) is 9.59 Å². The normalized spacial score (nSPS) is 22.5. The molecular weight excluding hydrogens is 288 g/mol. The van der Waals surface area contributed by atoms with Gasteiger partial charge in [0.25, 0.3) is 0 Å². The third-order valence-electron chi connectivity index (χ3n) is 3.75. The number of carbonyl (C=O) groups is 2. The topological polar surface area (TPSA) is 77.1 Å². The van der Waals surface area contributed by atoms with Crippen molar-refractivity contribution >= 4 is 12.0 Å². The van der Waals surface area contributed by atoms with E-state index < -0.39 is 23.5 Å². The molecule has 2 saturated heterocycles. The second-order valence-electron chi connectivity index (χ2n) is 6.80. The summed E-state index contributed by atoms with van der Waals surface area (Å²) < 4.78 is 16.4. The highest BCUT2D eigenvalue weighted by atomic mass is 16.7. The minimum Gasteiger partial charge on any atom is -0.444 e. The molecule has 0 aromatic rings. The van der Waals surface area contributed by atoms with Gasteiger partial charge in [-0.2, -0.15) is 0 Å². The second-order valence-corrected chi connectivity index (χ2v) is 6.80. The number of nitrogens with one attached hydrogen (secondary N) is 1. The van der Waals surface area contributed by atoms with E-state index in [0.717, 1.165) is 0 Å². The molecule has 2 heterocycles. The van der Waals surface area contributed by atoms with Gasteiger partial charge in [-0.25, -0.2) is 4.79 Å². The molecule has 1 spiro atoms. The Balaban J connectivity index is 1.80. The number of nitrogens with zero attached hydrogens (tertiary/aromatic N) is 1. The van der Waals surface area contributed by atoms with E-state index in [-0.39, 0.29) is 5.91 Å². The summed E-state index contributed by atoms with van der Waals surface area (Å²) in [7, 11) is 0. The minimum absolute atomic E-state index is 0.112. The highest BCUT2D eigenvalue weighted by Gasteiger charge is 2.41. The lowest BCUT2D eigenvalue weighted by molar-refractivity contribution is -0.187. The van der Waals surface area contributed by atoms with Crippen LogP contribution in [0.15, 0.2) is 0 Å². The van der Waals surface area contributed by atoms with E-state index in [1.54, 1.807) is 32.6 Å². The number of likely N-dealkylation sites (tertiary alicyclic amines) is 1. The molecule has 126 valence electrons. The molecule has 7 heteroatoms. The highest BCUT2D eigenvalue weighted by molar-refractivity contribution is 5.85. The maximum atomic E-state index is 12.4. The highest BCUT2D eigenvalue weighted by Crippen LogP contribution is 2.31. The van der Waals surface area contributed by atoms with Crippen LogP contribution in [0.25, 0.3) is 0 Å². The SMILES string of the molecule is C[C@@H](NC(=O)OC(C)(C)C)C(=O)N1CCC2(CC1)OCCO2. The van der Waals surface area contributed by atoms with Crippen LogP contribution in [0.4, 0.5) is 4.79 Å². The molecule has 2 aliphatic rings. The fourth-order valence-electron chi connectivity index (χ4n) is 2.67. The first-order valence-corrected chi connectivity index (χ1v) is 7.77. The summed E-state index contributed by atoms with van der Waals surface area (Å²) in [6, 6.07) is -0.616. The molecular formula is C15H26N2O5. The average Bonchev–Trinajstić information content (AvgIpc) is 2.85. The van der Waals surface area contributed by atoms with E-state index in [1.807, 2.05) is 0 Å². The maximum absolute atomic E-state index is 12.4. The summed E-state index contributed by atoms with van der Waals surface area (Å²) in [5.41, 5.74) is -0.582. The van der Waals surface area contributed by atoms with Crippen molar-refractivity contribution in [1.82, 2.24) is 10.2 Å². The summed E-state index contributed by atoms with van der Waals surface area (Å²) >= 11 is 0. The number of amides is 2. The first-order chi connectivity index (χ1) is 10.2. The molecule has 0 saturated carbocycles. The van der Waals surface area contributed by atoms with E-state index in [4.69, 9.17) is 14.2 Å². The lowest BCUT2D eigenvalue weighted by Gasteiger charge is -2.38. The van der Waals surface area contributed by atoms with Crippen LogP contribution in [0.5, 0.6) is 0 Å². The van der Waals surface area contributed by atoms with Crippen LogP contribution >= 0.6 is 0 Å². The summed E-state index contributed by atoms with van der Waals surface area (Å²) in [4.78, 5) is 25.8. The smallest absolute Gasteiger partial charge is 0.408 e. The van der Waals surface area contributed by atoms with Gasteiger partial charge in [0.1, 0.15) is 11.6 Å². The predicted molar refractivity (Wildman–Crippen MR) is 79.3 cm³/mol. The third kappa shape index (κ3) is 4.33. The number of piperidine rings is 1. The van der Waals surface area contributed by atoms with E-state index >= 15 is 0 Å². The van der Waals surface area contributed by atoms with Crippen molar-refractivity contribution in [2.75, 3.05) is 26.3 Å². The third-order valence-corrected chi connectivity index (χ3v) is 3.75. The lowest BCUT2D eigenvalue weighted by Crippen LogP contribution is -2.53. The van der Waals surface area contributed by atoms with Crippen molar-refractivity contribution in [2.24, 2.45) is 0 Å². The van der Waals surface area contributed by atoms with Crippen molar-refractivity contribution in [2.45, 2.75) is 58.0 Å². The van der Waals surface area contributed by atoms with Gasteiger partial charge in [-0.1, -0.05) is 0 Å². The number of hydrogen-bond acceptors (Lipinski definition) is 5. The second kappa shape index (κ2) is 6.42. The number of rotatable bonds is 2. The number of hydrogen-bond donors (Lipinski definition) is 1. The molecule has 2 fully saturated rings. The molecule has 0 aliphatic carbocycles. The van der Waals surface area contributed by atoms with Crippen molar-refractivity contribution in [3.05, 3.63) is 0 Å². The van der Waals surface area contributed by atoms with E-state index in [2.05, 4.69) is 5.32 Å². The Morgan fingerprint density at radius 1 is 1.18 bits per heavy atom. The van der Waals surface area contributed by atoms with Gasteiger partial charge < -0.3 is 24.4 Å². The molecule has 0 unspecified atom stereocenters. The molecule has 0 aromatic carbocycles. The zero-order valence-corrected chi connectivity index (χ0v) is 13.8.